The number of nitriles is 1. The van der Waals surface area contributed by atoms with E-state index in [4.69, 9.17) is 5.26 Å². The Balaban J connectivity index is 1.92. The van der Waals surface area contributed by atoms with Crippen molar-refractivity contribution in [3.63, 3.8) is 0 Å². The number of amides is 3. The minimum absolute atomic E-state index is 0.0143. The Bertz CT molecular complexity index is 434. The summed E-state index contributed by atoms with van der Waals surface area (Å²) >= 11 is 0. The molecule has 0 unspecified atom stereocenters. The fourth-order valence-electron chi connectivity index (χ4n) is 3.57. The van der Waals surface area contributed by atoms with E-state index < -0.39 is 6.04 Å². The van der Waals surface area contributed by atoms with Crippen molar-refractivity contribution < 1.29 is 9.59 Å². The largest absolute Gasteiger partial charge is 0.341 e. The topological polar surface area (TPSA) is 85.2 Å². The number of likely N-dealkylation sites (tertiary alicyclic amines) is 1. The van der Waals surface area contributed by atoms with Gasteiger partial charge in [-0.2, -0.15) is 5.26 Å². The first-order valence-electron chi connectivity index (χ1n) is 8.91. The molecule has 1 heterocycles. The first-order valence-corrected chi connectivity index (χ1v) is 8.91. The Labute approximate surface area is 138 Å². The normalized spacial score (nSPS) is 20.4. The van der Waals surface area contributed by atoms with E-state index in [1.54, 1.807) is 4.90 Å². The van der Waals surface area contributed by atoms with Crippen molar-refractivity contribution in [3.8, 4) is 6.07 Å². The lowest BCUT2D eigenvalue weighted by Gasteiger charge is -2.31. The Kier molecular flexibility index (Phi) is 7.18. The third-order valence-corrected chi connectivity index (χ3v) is 4.89. The fraction of sp³-hybridized carbons (Fsp3) is 0.824. The van der Waals surface area contributed by atoms with Gasteiger partial charge in [-0.05, 0) is 31.6 Å². The maximum atomic E-state index is 12.4. The summed E-state index contributed by atoms with van der Waals surface area (Å²) in [5.74, 6) is 0.255. The van der Waals surface area contributed by atoms with Crippen molar-refractivity contribution in [2.24, 2.45) is 5.92 Å². The second kappa shape index (κ2) is 9.39. The van der Waals surface area contributed by atoms with Crippen LogP contribution >= 0.6 is 0 Å². The van der Waals surface area contributed by atoms with Gasteiger partial charge in [0.05, 0.1) is 6.07 Å². The van der Waals surface area contributed by atoms with E-state index in [0.29, 0.717) is 12.3 Å². The van der Waals surface area contributed by atoms with Gasteiger partial charge < -0.3 is 15.5 Å². The van der Waals surface area contributed by atoms with Crippen LogP contribution in [0.1, 0.15) is 57.8 Å². The molecule has 1 saturated heterocycles. The molecule has 0 spiro atoms. The second-order valence-electron chi connectivity index (χ2n) is 6.67. The molecule has 1 saturated carbocycles. The highest BCUT2D eigenvalue weighted by molar-refractivity contribution is 5.87. The monoisotopic (exact) mass is 320 g/mol. The Hall–Kier alpha value is -1.77. The van der Waals surface area contributed by atoms with Crippen molar-refractivity contribution in [2.45, 2.75) is 63.8 Å². The van der Waals surface area contributed by atoms with Gasteiger partial charge in [0.25, 0.3) is 0 Å². The molecule has 2 rings (SSSR count). The average molecular weight is 320 g/mol. The zero-order valence-corrected chi connectivity index (χ0v) is 13.9. The molecule has 0 aromatic rings. The predicted molar refractivity (Wildman–Crippen MR) is 87.6 cm³/mol. The van der Waals surface area contributed by atoms with Crippen LogP contribution in [0.25, 0.3) is 0 Å². The standard InChI is InChI=1S/C17H28N4O2/c18-9-10-19-16(22)15(13-14-7-3-1-4-8-14)20-17(23)21-11-5-2-6-12-21/h14-15H,1-8,10-13H2,(H,19,22)(H,20,23)/t15-/m0/s1. The van der Waals surface area contributed by atoms with E-state index in [0.717, 1.165) is 45.2 Å². The van der Waals surface area contributed by atoms with E-state index in [2.05, 4.69) is 10.6 Å². The summed E-state index contributed by atoms with van der Waals surface area (Å²) < 4.78 is 0. The average Bonchev–Trinajstić information content (AvgIpc) is 2.60. The first kappa shape index (κ1) is 17.6. The quantitative estimate of drug-likeness (QED) is 0.761. The van der Waals surface area contributed by atoms with Crippen LogP contribution in [0.2, 0.25) is 0 Å². The van der Waals surface area contributed by atoms with Gasteiger partial charge in [0, 0.05) is 13.1 Å². The zero-order valence-electron chi connectivity index (χ0n) is 13.9. The number of carbonyl (C=O) groups is 2. The minimum Gasteiger partial charge on any atom is -0.341 e. The van der Waals surface area contributed by atoms with E-state index in [1.165, 1.54) is 19.3 Å². The van der Waals surface area contributed by atoms with Crippen LogP contribution in [-0.2, 0) is 4.79 Å². The van der Waals surface area contributed by atoms with Gasteiger partial charge in [0.15, 0.2) is 0 Å². The number of hydrogen-bond donors (Lipinski definition) is 2. The van der Waals surface area contributed by atoms with Crippen molar-refractivity contribution in [2.75, 3.05) is 19.6 Å². The molecule has 1 aliphatic carbocycles. The molecular formula is C17H28N4O2. The number of piperidine rings is 1. The molecule has 6 nitrogen and oxygen atoms in total. The molecule has 23 heavy (non-hydrogen) atoms. The van der Waals surface area contributed by atoms with Crippen molar-refractivity contribution >= 4 is 11.9 Å². The molecule has 2 N–H and O–H groups in total. The van der Waals surface area contributed by atoms with Crippen molar-refractivity contribution in [1.82, 2.24) is 15.5 Å². The summed E-state index contributed by atoms with van der Waals surface area (Å²) in [6.07, 6.45) is 9.83. The maximum Gasteiger partial charge on any atom is 0.318 e. The number of nitrogens with one attached hydrogen (secondary N) is 2. The molecule has 0 aromatic heterocycles. The molecule has 3 amide bonds. The van der Waals surface area contributed by atoms with Crippen LogP contribution < -0.4 is 10.6 Å². The van der Waals surface area contributed by atoms with Crippen molar-refractivity contribution in [3.05, 3.63) is 0 Å². The van der Waals surface area contributed by atoms with Crippen LogP contribution in [-0.4, -0.2) is 42.5 Å². The number of nitrogens with zero attached hydrogens (tertiary/aromatic N) is 2. The van der Waals surface area contributed by atoms with E-state index in [1.807, 2.05) is 6.07 Å². The molecule has 1 aliphatic heterocycles. The second-order valence-corrected chi connectivity index (χ2v) is 6.67. The summed E-state index contributed by atoms with van der Waals surface area (Å²) in [4.78, 5) is 26.5. The van der Waals surface area contributed by atoms with Gasteiger partial charge in [0.2, 0.25) is 5.91 Å². The Morgan fingerprint density at radius 2 is 1.74 bits per heavy atom. The smallest absolute Gasteiger partial charge is 0.318 e. The highest BCUT2D eigenvalue weighted by Gasteiger charge is 2.27. The molecule has 0 radical (unpaired) electrons. The van der Waals surface area contributed by atoms with Gasteiger partial charge in [-0.15, -0.1) is 0 Å². The van der Waals surface area contributed by atoms with Gasteiger partial charge in [-0.25, -0.2) is 4.79 Å². The van der Waals surface area contributed by atoms with Crippen molar-refractivity contribution in [1.29, 1.82) is 5.26 Å². The van der Waals surface area contributed by atoms with Gasteiger partial charge in [-0.1, -0.05) is 32.1 Å². The summed E-state index contributed by atoms with van der Waals surface area (Å²) in [6.45, 7) is 1.52. The van der Waals surface area contributed by atoms with Gasteiger partial charge >= 0.3 is 6.03 Å². The Morgan fingerprint density at radius 1 is 1.09 bits per heavy atom. The van der Waals surface area contributed by atoms with Crippen LogP contribution in [0.4, 0.5) is 4.79 Å². The van der Waals surface area contributed by atoms with E-state index in [-0.39, 0.29) is 18.5 Å². The van der Waals surface area contributed by atoms with Crippen LogP contribution in [0, 0.1) is 17.2 Å². The lowest BCUT2D eigenvalue weighted by atomic mass is 9.84. The first-order chi connectivity index (χ1) is 11.2. The molecular weight excluding hydrogens is 292 g/mol. The van der Waals surface area contributed by atoms with Crippen LogP contribution in [0.15, 0.2) is 0 Å². The van der Waals surface area contributed by atoms with Crippen LogP contribution in [0.3, 0.4) is 0 Å². The maximum absolute atomic E-state index is 12.4. The SMILES string of the molecule is N#CCNC(=O)[C@H](CC1CCCCC1)NC(=O)N1CCCCC1. The van der Waals surface area contributed by atoms with Crippen LogP contribution in [0.5, 0.6) is 0 Å². The molecule has 128 valence electrons. The number of hydrogen-bond acceptors (Lipinski definition) is 3. The number of rotatable bonds is 5. The van der Waals surface area contributed by atoms with E-state index in [9.17, 15) is 9.59 Å². The molecule has 2 fully saturated rings. The third-order valence-electron chi connectivity index (χ3n) is 4.89. The summed E-state index contributed by atoms with van der Waals surface area (Å²) in [7, 11) is 0. The molecule has 2 aliphatic rings. The number of carbonyl (C=O) groups excluding carboxylic acids is 2. The molecule has 6 heteroatoms. The lowest BCUT2D eigenvalue weighted by molar-refractivity contribution is -0.123. The minimum atomic E-state index is -0.527. The zero-order chi connectivity index (χ0) is 16.5. The predicted octanol–water partition coefficient (Wildman–Crippen LogP) is 2.16. The lowest BCUT2D eigenvalue weighted by Crippen LogP contribution is -2.52. The highest BCUT2D eigenvalue weighted by Crippen LogP contribution is 2.27. The number of urea groups is 1. The summed E-state index contributed by atoms with van der Waals surface area (Å²) in [5.41, 5.74) is 0. The fourth-order valence-corrected chi connectivity index (χ4v) is 3.57. The van der Waals surface area contributed by atoms with Gasteiger partial charge in [0.1, 0.15) is 12.6 Å². The Morgan fingerprint density at radius 3 is 2.39 bits per heavy atom. The molecule has 0 aromatic carbocycles. The summed E-state index contributed by atoms with van der Waals surface area (Å²) in [5, 5.41) is 14.1. The molecule has 1 atom stereocenters. The highest BCUT2D eigenvalue weighted by atomic mass is 16.2. The third kappa shape index (κ3) is 5.74. The van der Waals surface area contributed by atoms with E-state index >= 15 is 0 Å². The van der Waals surface area contributed by atoms with Gasteiger partial charge in [-0.3, -0.25) is 4.79 Å². The molecule has 0 bridgehead atoms. The summed E-state index contributed by atoms with van der Waals surface area (Å²) in [6, 6.07) is 1.25.